The SMILES string of the molecule is COc1cccc([C@@H]2c3[nH]c4ccccc4c3CCN2CC2CC2)c1. The molecule has 3 heteroatoms. The number of para-hydroxylation sites is 1. The average Bonchev–Trinajstić information content (AvgIpc) is 3.39. The van der Waals surface area contributed by atoms with E-state index in [0.29, 0.717) is 6.04 Å². The van der Waals surface area contributed by atoms with Gasteiger partial charge in [0, 0.05) is 29.7 Å². The molecule has 1 aliphatic heterocycles. The van der Waals surface area contributed by atoms with Crippen LogP contribution in [0.2, 0.25) is 0 Å². The molecule has 0 bridgehead atoms. The smallest absolute Gasteiger partial charge is 0.119 e. The van der Waals surface area contributed by atoms with Crippen molar-refractivity contribution >= 4 is 10.9 Å². The van der Waals surface area contributed by atoms with Crippen LogP contribution in [0.1, 0.15) is 35.7 Å². The molecule has 0 saturated heterocycles. The van der Waals surface area contributed by atoms with E-state index in [0.717, 1.165) is 24.6 Å². The molecule has 1 N–H and O–H groups in total. The second-order valence-electron chi connectivity index (χ2n) is 7.43. The summed E-state index contributed by atoms with van der Waals surface area (Å²) in [6.45, 7) is 2.34. The summed E-state index contributed by atoms with van der Waals surface area (Å²) in [5.74, 6) is 1.83. The number of nitrogens with zero attached hydrogens (tertiary/aromatic N) is 1. The van der Waals surface area contributed by atoms with E-state index >= 15 is 0 Å². The van der Waals surface area contributed by atoms with E-state index in [2.05, 4.69) is 52.3 Å². The maximum atomic E-state index is 5.49. The number of aromatic amines is 1. The van der Waals surface area contributed by atoms with Crippen molar-refractivity contribution in [2.45, 2.75) is 25.3 Å². The van der Waals surface area contributed by atoms with Crippen LogP contribution in [0.15, 0.2) is 48.5 Å². The zero-order valence-electron chi connectivity index (χ0n) is 14.7. The maximum Gasteiger partial charge on any atom is 0.119 e. The van der Waals surface area contributed by atoms with Crippen LogP contribution in [-0.2, 0) is 6.42 Å². The van der Waals surface area contributed by atoms with Crippen molar-refractivity contribution in [3.8, 4) is 5.75 Å². The molecule has 1 aliphatic carbocycles. The Morgan fingerprint density at radius 2 is 2.00 bits per heavy atom. The fourth-order valence-corrected chi connectivity index (χ4v) is 4.31. The van der Waals surface area contributed by atoms with Gasteiger partial charge < -0.3 is 9.72 Å². The van der Waals surface area contributed by atoms with Gasteiger partial charge in [-0.3, -0.25) is 4.90 Å². The van der Waals surface area contributed by atoms with Gasteiger partial charge in [-0.25, -0.2) is 0 Å². The first-order valence-electron chi connectivity index (χ1n) is 9.31. The number of H-pyrrole nitrogens is 1. The van der Waals surface area contributed by atoms with E-state index in [-0.39, 0.29) is 0 Å². The number of aromatic nitrogens is 1. The topological polar surface area (TPSA) is 28.3 Å². The number of nitrogens with one attached hydrogen (secondary N) is 1. The molecule has 1 aromatic heterocycles. The highest BCUT2D eigenvalue weighted by atomic mass is 16.5. The van der Waals surface area contributed by atoms with E-state index in [1.165, 1.54) is 47.1 Å². The minimum absolute atomic E-state index is 0.298. The third-order valence-corrected chi connectivity index (χ3v) is 5.73. The average molecular weight is 332 g/mol. The molecule has 2 heterocycles. The van der Waals surface area contributed by atoms with Crippen molar-refractivity contribution in [1.29, 1.82) is 0 Å². The van der Waals surface area contributed by atoms with Gasteiger partial charge in [0.15, 0.2) is 0 Å². The van der Waals surface area contributed by atoms with E-state index in [1.54, 1.807) is 7.11 Å². The normalized spacial score (nSPS) is 20.6. The van der Waals surface area contributed by atoms with Crippen molar-refractivity contribution in [3.63, 3.8) is 0 Å². The lowest BCUT2D eigenvalue weighted by Gasteiger charge is -2.36. The summed E-state index contributed by atoms with van der Waals surface area (Å²) in [5, 5.41) is 1.39. The molecule has 0 spiro atoms. The molecule has 1 saturated carbocycles. The van der Waals surface area contributed by atoms with E-state index in [1.807, 2.05) is 6.07 Å². The molecule has 0 unspecified atom stereocenters. The monoisotopic (exact) mass is 332 g/mol. The molecule has 5 rings (SSSR count). The number of rotatable bonds is 4. The standard InChI is InChI=1S/C22H24N2O/c1-25-17-6-4-5-16(13-17)22-21-19(11-12-24(22)14-15-9-10-15)18-7-2-3-8-20(18)23-21/h2-8,13,15,22-23H,9-12,14H2,1H3/t22-/m1/s1. The van der Waals surface area contributed by atoms with Gasteiger partial charge >= 0.3 is 0 Å². The van der Waals surface area contributed by atoms with Gasteiger partial charge in [0.1, 0.15) is 5.75 Å². The van der Waals surface area contributed by atoms with Crippen molar-refractivity contribution in [2.24, 2.45) is 5.92 Å². The predicted octanol–water partition coefficient (Wildman–Crippen LogP) is 4.53. The first-order valence-corrected chi connectivity index (χ1v) is 9.31. The number of methoxy groups -OCH3 is 1. The molecule has 0 amide bonds. The molecule has 1 atom stereocenters. The lowest BCUT2D eigenvalue weighted by atomic mass is 9.92. The Balaban J connectivity index is 1.64. The largest absolute Gasteiger partial charge is 0.497 e. The first kappa shape index (κ1) is 15.0. The van der Waals surface area contributed by atoms with Gasteiger partial charge in [0.25, 0.3) is 0 Å². The first-order chi connectivity index (χ1) is 12.3. The fraction of sp³-hybridized carbons (Fsp3) is 0.364. The van der Waals surface area contributed by atoms with Crippen LogP contribution in [0, 0.1) is 5.92 Å². The minimum atomic E-state index is 0.298. The highest BCUT2D eigenvalue weighted by Gasteiger charge is 2.35. The van der Waals surface area contributed by atoms with Crippen LogP contribution >= 0.6 is 0 Å². The third-order valence-electron chi connectivity index (χ3n) is 5.73. The van der Waals surface area contributed by atoms with Crippen molar-refractivity contribution in [3.05, 3.63) is 65.4 Å². The quantitative estimate of drug-likeness (QED) is 0.760. The summed E-state index contributed by atoms with van der Waals surface area (Å²) in [6, 6.07) is 17.6. The summed E-state index contributed by atoms with van der Waals surface area (Å²) in [5.41, 5.74) is 5.46. The number of benzene rings is 2. The summed E-state index contributed by atoms with van der Waals surface area (Å²) < 4.78 is 5.49. The highest BCUT2D eigenvalue weighted by Crippen LogP contribution is 2.41. The predicted molar refractivity (Wildman–Crippen MR) is 101 cm³/mol. The summed E-state index contributed by atoms with van der Waals surface area (Å²) in [4.78, 5) is 6.41. The number of fused-ring (bicyclic) bond motifs is 3. The van der Waals surface area contributed by atoms with Crippen molar-refractivity contribution in [2.75, 3.05) is 20.2 Å². The Bertz CT molecular complexity index is 909. The van der Waals surface area contributed by atoms with Crippen LogP contribution in [0.5, 0.6) is 5.75 Å². The van der Waals surface area contributed by atoms with Gasteiger partial charge in [-0.1, -0.05) is 30.3 Å². The van der Waals surface area contributed by atoms with Gasteiger partial charge in [0.05, 0.1) is 13.2 Å². The van der Waals surface area contributed by atoms with Gasteiger partial charge in [0.2, 0.25) is 0 Å². The number of hydrogen-bond acceptors (Lipinski definition) is 2. The molecule has 1 fully saturated rings. The summed E-state index contributed by atoms with van der Waals surface area (Å²) in [7, 11) is 1.75. The maximum absolute atomic E-state index is 5.49. The Morgan fingerprint density at radius 1 is 1.12 bits per heavy atom. The lowest BCUT2D eigenvalue weighted by molar-refractivity contribution is 0.202. The number of ether oxygens (including phenoxy) is 1. The van der Waals surface area contributed by atoms with E-state index < -0.39 is 0 Å². The van der Waals surface area contributed by atoms with Gasteiger partial charge in [-0.15, -0.1) is 0 Å². The third kappa shape index (κ3) is 2.63. The van der Waals surface area contributed by atoms with Crippen molar-refractivity contribution < 1.29 is 4.74 Å². The van der Waals surface area contributed by atoms with Gasteiger partial charge in [-0.2, -0.15) is 0 Å². The molecule has 2 aliphatic rings. The molecular formula is C22H24N2O. The van der Waals surface area contributed by atoms with Crippen LogP contribution in [-0.4, -0.2) is 30.1 Å². The molecular weight excluding hydrogens is 308 g/mol. The van der Waals surface area contributed by atoms with Crippen LogP contribution < -0.4 is 4.74 Å². The molecule has 128 valence electrons. The van der Waals surface area contributed by atoms with Crippen LogP contribution in [0.3, 0.4) is 0 Å². The molecule has 0 radical (unpaired) electrons. The Hall–Kier alpha value is -2.26. The molecule has 2 aromatic carbocycles. The second-order valence-corrected chi connectivity index (χ2v) is 7.43. The van der Waals surface area contributed by atoms with Crippen LogP contribution in [0.25, 0.3) is 10.9 Å². The Morgan fingerprint density at radius 3 is 2.84 bits per heavy atom. The lowest BCUT2D eigenvalue weighted by Crippen LogP contribution is -2.37. The van der Waals surface area contributed by atoms with Crippen LogP contribution in [0.4, 0.5) is 0 Å². The molecule has 3 nitrogen and oxygen atoms in total. The second kappa shape index (κ2) is 5.92. The minimum Gasteiger partial charge on any atom is -0.497 e. The van der Waals surface area contributed by atoms with Gasteiger partial charge in [-0.05, 0) is 54.5 Å². The zero-order valence-corrected chi connectivity index (χ0v) is 14.7. The highest BCUT2D eigenvalue weighted by molar-refractivity contribution is 5.85. The molecule has 25 heavy (non-hydrogen) atoms. The molecule has 3 aromatic rings. The summed E-state index contributed by atoms with van der Waals surface area (Å²) in [6.07, 6.45) is 3.91. The van der Waals surface area contributed by atoms with Crippen molar-refractivity contribution in [1.82, 2.24) is 9.88 Å². The fourth-order valence-electron chi connectivity index (χ4n) is 4.31. The van der Waals surface area contributed by atoms with E-state index in [9.17, 15) is 0 Å². The Kier molecular flexibility index (Phi) is 3.56. The van der Waals surface area contributed by atoms with E-state index in [4.69, 9.17) is 4.74 Å². The number of hydrogen-bond donors (Lipinski definition) is 1. The Labute approximate surface area is 148 Å². The zero-order chi connectivity index (χ0) is 16.8. The summed E-state index contributed by atoms with van der Waals surface area (Å²) >= 11 is 0.